The summed E-state index contributed by atoms with van der Waals surface area (Å²) < 4.78 is 1.83. The lowest BCUT2D eigenvalue weighted by atomic mass is 9.91. The van der Waals surface area contributed by atoms with Gasteiger partial charge < -0.3 is 0 Å². The van der Waals surface area contributed by atoms with Crippen LogP contribution in [0.1, 0.15) is 49.9 Å². The van der Waals surface area contributed by atoms with Gasteiger partial charge in [0.15, 0.2) is 0 Å². The molecule has 144 valence electrons. The molecule has 0 N–H and O–H groups in total. The van der Waals surface area contributed by atoms with Gasteiger partial charge in [-0.3, -0.25) is 9.69 Å². The summed E-state index contributed by atoms with van der Waals surface area (Å²) >= 11 is 6.51. The van der Waals surface area contributed by atoms with Crippen LogP contribution in [0.4, 0.5) is 5.95 Å². The minimum atomic E-state index is -0.120. The van der Waals surface area contributed by atoms with Crippen LogP contribution in [-0.4, -0.2) is 20.7 Å². The van der Waals surface area contributed by atoms with Crippen molar-refractivity contribution in [3.05, 3.63) is 77.1 Å². The Kier molecular flexibility index (Phi) is 5.18. The van der Waals surface area contributed by atoms with Crippen LogP contribution in [0.3, 0.4) is 0 Å². The second kappa shape index (κ2) is 7.76. The molecular formula is C22H23ClN4O. The Morgan fingerprint density at radius 2 is 1.82 bits per heavy atom. The number of fused-ring (bicyclic) bond motifs is 1. The Morgan fingerprint density at radius 3 is 2.54 bits per heavy atom. The van der Waals surface area contributed by atoms with E-state index in [1.165, 1.54) is 6.33 Å². The Balaban J connectivity index is 1.84. The molecule has 2 aromatic carbocycles. The Bertz CT molecular complexity index is 969. The highest BCUT2D eigenvalue weighted by molar-refractivity contribution is 6.31. The summed E-state index contributed by atoms with van der Waals surface area (Å²) in [4.78, 5) is 19.5. The van der Waals surface area contributed by atoms with Crippen molar-refractivity contribution in [3.63, 3.8) is 0 Å². The van der Waals surface area contributed by atoms with E-state index in [4.69, 9.17) is 11.6 Å². The topological polar surface area (TPSA) is 51.0 Å². The van der Waals surface area contributed by atoms with Crippen molar-refractivity contribution in [1.82, 2.24) is 14.8 Å². The van der Waals surface area contributed by atoms with E-state index in [-0.39, 0.29) is 23.9 Å². The van der Waals surface area contributed by atoms with Gasteiger partial charge in [-0.2, -0.15) is 10.1 Å². The number of nitrogens with zero attached hydrogens (tertiary/aromatic N) is 4. The predicted octanol–water partition coefficient (Wildman–Crippen LogP) is 5.05. The molecule has 1 amide bonds. The van der Waals surface area contributed by atoms with Gasteiger partial charge in [0.1, 0.15) is 6.33 Å². The molecule has 6 heteroatoms. The molecule has 5 nitrogen and oxygen atoms in total. The van der Waals surface area contributed by atoms with Gasteiger partial charge in [-0.05, 0) is 29.5 Å². The largest absolute Gasteiger partial charge is 0.274 e. The number of benzene rings is 2. The molecule has 1 aliphatic heterocycles. The highest BCUT2D eigenvalue weighted by Crippen LogP contribution is 2.43. The molecule has 0 saturated heterocycles. The first-order chi connectivity index (χ1) is 13.6. The zero-order valence-electron chi connectivity index (χ0n) is 16.0. The van der Waals surface area contributed by atoms with Gasteiger partial charge >= 0.3 is 0 Å². The summed E-state index contributed by atoms with van der Waals surface area (Å²) in [5.74, 6) is 0.910. The highest BCUT2D eigenvalue weighted by atomic mass is 35.5. The summed E-state index contributed by atoms with van der Waals surface area (Å²) in [5, 5.41) is 5.15. The number of anilines is 1. The molecule has 0 bridgehead atoms. The summed E-state index contributed by atoms with van der Waals surface area (Å²) in [6.07, 6.45) is 2.67. The minimum Gasteiger partial charge on any atom is -0.274 e. The Hall–Kier alpha value is -2.66. The van der Waals surface area contributed by atoms with Gasteiger partial charge in [0, 0.05) is 11.4 Å². The van der Waals surface area contributed by atoms with Crippen molar-refractivity contribution in [2.45, 2.75) is 38.8 Å². The third-order valence-corrected chi connectivity index (χ3v) is 5.47. The maximum atomic E-state index is 13.2. The third-order valence-electron chi connectivity index (χ3n) is 5.12. The van der Waals surface area contributed by atoms with Gasteiger partial charge in [-0.25, -0.2) is 4.68 Å². The Labute approximate surface area is 170 Å². The average molecular weight is 395 g/mol. The van der Waals surface area contributed by atoms with Gasteiger partial charge in [0.25, 0.3) is 0 Å². The number of hydrogen-bond acceptors (Lipinski definition) is 3. The Morgan fingerprint density at radius 1 is 1.11 bits per heavy atom. The van der Waals surface area contributed by atoms with E-state index in [9.17, 15) is 4.79 Å². The quantitative estimate of drug-likeness (QED) is 0.622. The van der Waals surface area contributed by atoms with Crippen molar-refractivity contribution in [1.29, 1.82) is 0 Å². The number of carbonyl (C=O) groups is 1. The first kappa shape index (κ1) is 18.7. The number of halogens is 1. The third kappa shape index (κ3) is 3.42. The van der Waals surface area contributed by atoms with Crippen LogP contribution in [0, 0.1) is 5.92 Å². The van der Waals surface area contributed by atoms with E-state index in [1.807, 2.05) is 52.0 Å². The van der Waals surface area contributed by atoms with E-state index in [2.05, 4.69) is 36.1 Å². The fourth-order valence-electron chi connectivity index (χ4n) is 3.89. The number of hydrogen-bond donors (Lipinski definition) is 0. The van der Waals surface area contributed by atoms with Crippen LogP contribution in [0.2, 0.25) is 5.02 Å². The van der Waals surface area contributed by atoms with E-state index >= 15 is 0 Å². The van der Waals surface area contributed by atoms with Crippen LogP contribution >= 0.6 is 11.6 Å². The molecule has 3 aromatic rings. The number of carbonyl (C=O) groups excluding carboxylic acids is 1. The SMILES string of the molecule is CC(C)CC(=O)N1c2ncnn2[C@H](c2ccccc2Cl)C[C@@H]1c1ccccc1. The molecule has 0 radical (unpaired) electrons. The van der Waals surface area contributed by atoms with Crippen LogP contribution in [0.15, 0.2) is 60.9 Å². The van der Waals surface area contributed by atoms with E-state index in [1.54, 1.807) is 0 Å². The van der Waals surface area contributed by atoms with Crippen LogP contribution in [0.5, 0.6) is 0 Å². The normalized spacial score (nSPS) is 18.9. The molecule has 0 saturated carbocycles. The minimum absolute atomic E-state index is 0.0655. The molecule has 1 aromatic heterocycles. The van der Waals surface area contributed by atoms with Gasteiger partial charge in [0.05, 0.1) is 12.1 Å². The zero-order chi connectivity index (χ0) is 19.7. The monoisotopic (exact) mass is 394 g/mol. The maximum Gasteiger partial charge on any atom is 0.231 e. The van der Waals surface area contributed by atoms with Gasteiger partial charge in [0.2, 0.25) is 11.9 Å². The number of rotatable bonds is 4. The lowest BCUT2D eigenvalue weighted by Crippen LogP contribution is -2.43. The molecule has 0 unspecified atom stereocenters. The molecule has 28 heavy (non-hydrogen) atoms. The standard InChI is InChI=1S/C22H23ClN4O/c1-15(2)12-21(28)26-19(16-8-4-3-5-9-16)13-20(27-22(26)24-14-25-27)17-10-6-7-11-18(17)23/h3-11,14-15,19-20H,12-13H2,1-2H3/t19-,20+/m1/s1. The first-order valence-electron chi connectivity index (χ1n) is 9.57. The van der Waals surface area contributed by atoms with Crippen molar-refractivity contribution in [2.24, 2.45) is 5.92 Å². The van der Waals surface area contributed by atoms with Gasteiger partial charge in [-0.15, -0.1) is 0 Å². The number of aromatic nitrogens is 3. The zero-order valence-corrected chi connectivity index (χ0v) is 16.8. The number of amides is 1. The molecule has 2 heterocycles. The van der Waals surface area contributed by atoms with E-state index < -0.39 is 0 Å². The lowest BCUT2D eigenvalue weighted by molar-refractivity contribution is -0.120. The summed E-state index contributed by atoms with van der Waals surface area (Å²) in [7, 11) is 0. The second-order valence-corrected chi connectivity index (χ2v) is 7.97. The maximum absolute atomic E-state index is 13.2. The van der Waals surface area contributed by atoms with Crippen molar-refractivity contribution < 1.29 is 4.79 Å². The molecule has 2 atom stereocenters. The summed E-state index contributed by atoms with van der Waals surface area (Å²) in [6, 6.07) is 17.7. The predicted molar refractivity (Wildman–Crippen MR) is 110 cm³/mol. The average Bonchev–Trinajstić information content (AvgIpc) is 3.17. The summed E-state index contributed by atoms with van der Waals surface area (Å²) in [5.41, 5.74) is 2.08. The van der Waals surface area contributed by atoms with Gasteiger partial charge in [-0.1, -0.05) is 74.0 Å². The molecular weight excluding hydrogens is 372 g/mol. The highest BCUT2D eigenvalue weighted by Gasteiger charge is 2.39. The van der Waals surface area contributed by atoms with Crippen LogP contribution in [-0.2, 0) is 4.79 Å². The first-order valence-corrected chi connectivity index (χ1v) is 9.95. The molecule has 4 rings (SSSR count). The summed E-state index contributed by atoms with van der Waals surface area (Å²) in [6.45, 7) is 4.10. The fraction of sp³-hybridized carbons (Fsp3) is 0.318. The fourth-order valence-corrected chi connectivity index (χ4v) is 4.15. The van der Waals surface area contributed by atoms with E-state index in [0.717, 1.165) is 11.1 Å². The smallest absolute Gasteiger partial charge is 0.231 e. The van der Waals surface area contributed by atoms with E-state index in [0.29, 0.717) is 23.8 Å². The van der Waals surface area contributed by atoms with Crippen molar-refractivity contribution in [2.75, 3.05) is 4.90 Å². The van der Waals surface area contributed by atoms with Crippen molar-refractivity contribution in [3.8, 4) is 0 Å². The lowest BCUT2D eigenvalue weighted by Gasteiger charge is -2.39. The van der Waals surface area contributed by atoms with Crippen LogP contribution in [0.25, 0.3) is 0 Å². The molecule has 0 aliphatic carbocycles. The van der Waals surface area contributed by atoms with Crippen LogP contribution < -0.4 is 4.90 Å². The molecule has 0 spiro atoms. The molecule has 1 aliphatic rings. The molecule has 0 fully saturated rings. The van der Waals surface area contributed by atoms with Crippen molar-refractivity contribution >= 4 is 23.5 Å². The second-order valence-electron chi connectivity index (χ2n) is 7.57.